The molecule has 0 aliphatic rings. The van der Waals surface area contributed by atoms with Crippen LogP contribution in [0.5, 0.6) is 0 Å². The zero-order chi connectivity index (χ0) is 12.4. The number of hydrogen-bond acceptors (Lipinski definition) is 4. The summed E-state index contributed by atoms with van der Waals surface area (Å²) in [6.45, 7) is 0. The van der Waals surface area contributed by atoms with Crippen LogP contribution in [0.15, 0.2) is 24.4 Å². The fourth-order valence-electron chi connectivity index (χ4n) is 1.28. The van der Waals surface area contributed by atoms with Gasteiger partial charge in [0.2, 0.25) is 0 Å². The summed E-state index contributed by atoms with van der Waals surface area (Å²) in [6, 6.07) is 3.17. The van der Waals surface area contributed by atoms with Gasteiger partial charge in [0.15, 0.2) is 0 Å². The van der Waals surface area contributed by atoms with Gasteiger partial charge < -0.3 is 0 Å². The minimum absolute atomic E-state index is 0.164. The summed E-state index contributed by atoms with van der Waals surface area (Å²) in [7, 11) is 0. The molecule has 0 unspecified atom stereocenters. The second-order valence-corrected chi connectivity index (χ2v) is 3.48. The van der Waals surface area contributed by atoms with Gasteiger partial charge in [0.25, 0.3) is 5.69 Å². The summed E-state index contributed by atoms with van der Waals surface area (Å²) in [5, 5.41) is 18.0. The number of nitro groups is 1. The largest absolute Gasteiger partial charge is 0.274 e. The Bertz CT molecular complexity index is 572. The zero-order valence-corrected chi connectivity index (χ0v) is 9.13. The highest BCUT2D eigenvalue weighted by molar-refractivity contribution is 6.16. The van der Waals surface area contributed by atoms with E-state index in [1.165, 1.54) is 16.9 Å². The van der Waals surface area contributed by atoms with Crippen molar-refractivity contribution in [3.05, 3.63) is 46.0 Å². The smallest absolute Gasteiger partial charge is 0.258 e. The number of rotatable bonds is 3. The maximum absolute atomic E-state index is 13.2. The number of aromatic nitrogens is 3. The molecule has 0 amide bonds. The summed E-state index contributed by atoms with van der Waals surface area (Å²) in [4.78, 5) is 9.90. The SMILES string of the molecule is O=[N+]([O-])c1cc(F)cc(-n2cc(CCl)nn2)c1. The van der Waals surface area contributed by atoms with Crippen LogP contribution >= 0.6 is 11.6 Å². The lowest BCUT2D eigenvalue weighted by molar-refractivity contribution is -0.385. The molecule has 0 spiro atoms. The van der Waals surface area contributed by atoms with Gasteiger partial charge in [-0.1, -0.05) is 5.21 Å². The quantitative estimate of drug-likeness (QED) is 0.479. The minimum atomic E-state index is -0.711. The van der Waals surface area contributed by atoms with Crippen molar-refractivity contribution in [2.45, 2.75) is 5.88 Å². The van der Waals surface area contributed by atoms with Gasteiger partial charge in [0, 0.05) is 12.1 Å². The molecule has 0 radical (unpaired) electrons. The number of nitro benzene ring substituents is 1. The monoisotopic (exact) mass is 256 g/mol. The molecule has 8 heteroatoms. The molecule has 1 aromatic heterocycles. The van der Waals surface area contributed by atoms with E-state index in [-0.39, 0.29) is 17.3 Å². The van der Waals surface area contributed by atoms with Crippen molar-refractivity contribution in [1.29, 1.82) is 0 Å². The molecule has 0 fully saturated rings. The van der Waals surface area contributed by atoms with Crippen LogP contribution in [-0.2, 0) is 5.88 Å². The molecule has 2 aromatic rings. The molecule has 0 aliphatic heterocycles. The van der Waals surface area contributed by atoms with Gasteiger partial charge in [-0.25, -0.2) is 9.07 Å². The lowest BCUT2D eigenvalue weighted by Crippen LogP contribution is -1.98. The molecule has 0 aliphatic carbocycles. The maximum Gasteiger partial charge on any atom is 0.274 e. The van der Waals surface area contributed by atoms with Crippen LogP contribution in [0.3, 0.4) is 0 Å². The second-order valence-electron chi connectivity index (χ2n) is 3.21. The average Bonchev–Trinajstić information content (AvgIpc) is 2.76. The maximum atomic E-state index is 13.2. The molecule has 0 atom stereocenters. The van der Waals surface area contributed by atoms with E-state index >= 15 is 0 Å². The van der Waals surface area contributed by atoms with Crippen molar-refractivity contribution in [1.82, 2.24) is 15.0 Å². The van der Waals surface area contributed by atoms with Gasteiger partial charge in [0.05, 0.1) is 34.4 Å². The Hall–Kier alpha value is -2.02. The second kappa shape index (κ2) is 4.46. The molecule has 1 aromatic carbocycles. The highest BCUT2D eigenvalue weighted by Crippen LogP contribution is 2.19. The number of alkyl halides is 1. The van der Waals surface area contributed by atoms with Crippen LogP contribution in [-0.4, -0.2) is 19.9 Å². The fraction of sp³-hybridized carbons (Fsp3) is 0.111. The zero-order valence-electron chi connectivity index (χ0n) is 8.38. The molecule has 0 saturated heterocycles. The Morgan fingerprint density at radius 1 is 1.47 bits per heavy atom. The summed E-state index contributed by atoms with van der Waals surface area (Å²) >= 11 is 5.54. The highest BCUT2D eigenvalue weighted by Gasteiger charge is 2.12. The van der Waals surface area contributed by atoms with Crippen LogP contribution in [0.4, 0.5) is 10.1 Å². The Morgan fingerprint density at radius 2 is 2.24 bits per heavy atom. The van der Waals surface area contributed by atoms with Crippen molar-refractivity contribution < 1.29 is 9.31 Å². The van der Waals surface area contributed by atoms with Crippen LogP contribution < -0.4 is 0 Å². The van der Waals surface area contributed by atoms with E-state index in [1.54, 1.807) is 0 Å². The summed E-state index contributed by atoms with van der Waals surface area (Å²) < 4.78 is 14.4. The lowest BCUT2D eigenvalue weighted by atomic mass is 10.2. The van der Waals surface area contributed by atoms with E-state index in [2.05, 4.69) is 10.3 Å². The van der Waals surface area contributed by atoms with Gasteiger partial charge in [-0.3, -0.25) is 10.1 Å². The molecule has 0 bridgehead atoms. The fourth-order valence-corrected chi connectivity index (χ4v) is 1.41. The molecular weight excluding hydrogens is 251 g/mol. The summed E-state index contributed by atoms with van der Waals surface area (Å²) in [6.07, 6.45) is 1.48. The van der Waals surface area contributed by atoms with E-state index in [1.807, 2.05) is 0 Å². The van der Waals surface area contributed by atoms with Crippen molar-refractivity contribution in [3.8, 4) is 5.69 Å². The molecule has 88 valence electrons. The van der Waals surface area contributed by atoms with E-state index < -0.39 is 10.7 Å². The number of benzene rings is 1. The number of non-ortho nitro benzene ring substituents is 1. The molecule has 0 saturated carbocycles. The summed E-state index contributed by atoms with van der Waals surface area (Å²) in [5.41, 5.74) is 0.377. The number of hydrogen-bond donors (Lipinski definition) is 0. The van der Waals surface area contributed by atoms with Crippen molar-refractivity contribution in [2.75, 3.05) is 0 Å². The Morgan fingerprint density at radius 3 is 2.82 bits per heavy atom. The summed E-state index contributed by atoms with van der Waals surface area (Å²) in [5.74, 6) is -0.547. The normalized spacial score (nSPS) is 10.5. The van der Waals surface area contributed by atoms with E-state index in [0.717, 1.165) is 12.1 Å². The van der Waals surface area contributed by atoms with Gasteiger partial charge >= 0.3 is 0 Å². The van der Waals surface area contributed by atoms with Gasteiger partial charge in [-0.05, 0) is 0 Å². The standard InChI is InChI=1S/C9H6ClFN4O2/c10-4-7-5-14(13-12-7)8-1-6(11)2-9(3-8)15(16)17/h1-3,5H,4H2. The van der Waals surface area contributed by atoms with Gasteiger partial charge in [-0.2, -0.15) is 0 Å². The molecular formula is C9H6ClFN4O2. The van der Waals surface area contributed by atoms with Crippen molar-refractivity contribution >= 4 is 17.3 Å². The van der Waals surface area contributed by atoms with Gasteiger partial charge in [-0.15, -0.1) is 16.7 Å². The minimum Gasteiger partial charge on any atom is -0.258 e. The molecule has 2 rings (SSSR count). The number of nitrogens with zero attached hydrogens (tertiary/aromatic N) is 4. The van der Waals surface area contributed by atoms with Crippen LogP contribution in [0.1, 0.15) is 5.69 Å². The predicted octanol–water partition coefficient (Wildman–Crippen LogP) is 2.05. The Kier molecular flexibility index (Phi) is 3.01. The third kappa shape index (κ3) is 2.39. The lowest BCUT2D eigenvalue weighted by Gasteiger charge is -2.00. The van der Waals surface area contributed by atoms with Crippen molar-refractivity contribution in [3.63, 3.8) is 0 Å². The predicted molar refractivity (Wildman–Crippen MR) is 57.5 cm³/mol. The van der Waals surface area contributed by atoms with Crippen LogP contribution in [0.25, 0.3) is 5.69 Å². The number of halogens is 2. The van der Waals surface area contributed by atoms with Gasteiger partial charge in [0.1, 0.15) is 5.82 Å². The first kappa shape index (κ1) is 11.5. The topological polar surface area (TPSA) is 73.8 Å². The average molecular weight is 257 g/mol. The van der Waals surface area contributed by atoms with E-state index in [0.29, 0.717) is 5.69 Å². The molecule has 1 heterocycles. The van der Waals surface area contributed by atoms with Crippen LogP contribution in [0.2, 0.25) is 0 Å². The first-order valence-electron chi connectivity index (χ1n) is 4.52. The Labute approximate surface area is 99.8 Å². The first-order chi connectivity index (χ1) is 8.10. The van der Waals surface area contributed by atoms with E-state index in [4.69, 9.17) is 11.6 Å². The third-order valence-electron chi connectivity index (χ3n) is 2.02. The Balaban J connectivity index is 2.47. The highest BCUT2D eigenvalue weighted by atomic mass is 35.5. The molecule has 0 N–H and O–H groups in total. The first-order valence-corrected chi connectivity index (χ1v) is 5.06. The van der Waals surface area contributed by atoms with Crippen LogP contribution in [0, 0.1) is 15.9 Å². The van der Waals surface area contributed by atoms with E-state index in [9.17, 15) is 14.5 Å². The molecule has 17 heavy (non-hydrogen) atoms. The third-order valence-corrected chi connectivity index (χ3v) is 2.29. The van der Waals surface area contributed by atoms with Crippen molar-refractivity contribution in [2.24, 2.45) is 0 Å². The molecule has 6 nitrogen and oxygen atoms in total.